The van der Waals surface area contributed by atoms with E-state index in [1.165, 1.54) is 0 Å². The van der Waals surface area contributed by atoms with Crippen molar-refractivity contribution in [1.82, 2.24) is 14.6 Å². The lowest BCUT2D eigenvalue weighted by molar-refractivity contribution is -0.138. The molecule has 0 saturated carbocycles. The van der Waals surface area contributed by atoms with E-state index in [2.05, 4.69) is 29.2 Å². The van der Waals surface area contributed by atoms with Gasteiger partial charge in [0.15, 0.2) is 5.82 Å². The summed E-state index contributed by atoms with van der Waals surface area (Å²) in [5.74, 6) is 0.553. The van der Waals surface area contributed by atoms with Crippen LogP contribution in [0.25, 0.3) is 5.52 Å². The molecule has 0 aliphatic rings. The van der Waals surface area contributed by atoms with E-state index in [0.29, 0.717) is 12.5 Å². The van der Waals surface area contributed by atoms with Crippen molar-refractivity contribution in [3.8, 4) is 0 Å². The largest absolute Gasteiger partial charge is 0.481 e. The van der Waals surface area contributed by atoms with Gasteiger partial charge in [0.25, 0.3) is 0 Å². The smallest absolute Gasteiger partial charge is 0.303 e. The lowest BCUT2D eigenvalue weighted by atomic mass is 9.94. The van der Waals surface area contributed by atoms with Crippen LogP contribution in [0.4, 0.5) is 5.82 Å². The number of aromatic nitrogens is 3. The topological polar surface area (TPSA) is 79.5 Å². The van der Waals surface area contributed by atoms with Crippen molar-refractivity contribution in [3.63, 3.8) is 0 Å². The molecule has 2 N–H and O–H groups in total. The summed E-state index contributed by atoms with van der Waals surface area (Å²) in [4.78, 5) is 15.3. The first kappa shape index (κ1) is 15.3. The van der Waals surface area contributed by atoms with Crippen molar-refractivity contribution >= 4 is 17.3 Å². The van der Waals surface area contributed by atoms with Gasteiger partial charge in [0.1, 0.15) is 5.52 Å². The van der Waals surface area contributed by atoms with Gasteiger partial charge < -0.3 is 10.4 Å². The first-order valence-corrected chi connectivity index (χ1v) is 7.22. The molecular formula is C15H22N4O2. The Labute approximate surface area is 124 Å². The summed E-state index contributed by atoms with van der Waals surface area (Å²) >= 11 is 0. The molecule has 1 atom stereocenters. The summed E-state index contributed by atoms with van der Waals surface area (Å²) < 4.78 is 1.78. The molecule has 0 radical (unpaired) electrons. The van der Waals surface area contributed by atoms with E-state index in [-0.39, 0.29) is 12.3 Å². The number of carboxylic acid groups (broad SMARTS) is 1. The monoisotopic (exact) mass is 290 g/mol. The third-order valence-electron chi connectivity index (χ3n) is 3.34. The maximum Gasteiger partial charge on any atom is 0.303 e. The van der Waals surface area contributed by atoms with Gasteiger partial charge in [-0.3, -0.25) is 4.79 Å². The third kappa shape index (κ3) is 4.18. The Morgan fingerprint density at radius 3 is 2.90 bits per heavy atom. The number of nitrogens with one attached hydrogen (secondary N) is 1. The predicted molar refractivity (Wildman–Crippen MR) is 81.4 cm³/mol. The van der Waals surface area contributed by atoms with E-state index in [1.807, 2.05) is 13.0 Å². The van der Waals surface area contributed by atoms with Crippen LogP contribution in [0.5, 0.6) is 0 Å². The normalized spacial score (nSPS) is 12.8. The minimum atomic E-state index is -0.756. The van der Waals surface area contributed by atoms with Crippen molar-refractivity contribution < 1.29 is 9.90 Å². The van der Waals surface area contributed by atoms with Gasteiger partial charge in [-0.05, 0) is 31.2 Å². The Kier molecular flexibility index (Phi) is 4.77. The minimum absolute atomic E-state index is 0.0913. The summed E-state index contributed by atoms with van der Waals surface area (Å²) in [6, 6.07) is 1.96. The molecule has 6 nitrogen and oxygen atoms in total. The number of nitrogens with zero attached hydrogens (tertiary/aromatic N) is 3. The number of aliphatic carboxylic acids is 1. The molecule has 0 fully saturated rings. The second kappa shape index (κ2) is 6.56. The fourth-order valence-electron chi connectivity index (χ4n) is 2.57. The predicted octanol–water partition coefficient (Wildman–Crippen LogP) is 2.59. The van der Waals surface area contributed by atoms with Crippen LogP contribution in [-0.2, 0) is 4.79 Å². The van der Waals surface area contributed by atoms with Gasteiger partial charge in [0.05, 0.1) is 5.69 Å². The first-order valence-electron chi connectivity index (χ1n) is 7.22. The zero-order valence-electron chi connectivity index (χ0n) is 12.7. The number of anilines is 1. The molecule has 2 rings (SSSR count). The number of hydrogen-bond acceptors (Lipinski definition) is 4. The third-order valence-corrected chi connectivity index (χ3v) is 3.34. The molecule has 0 aromatic carbocycles. The summed E-state index contributed by atoms with van der Waals surface area (Å²) in [6.07, 6.45) is 4.54. The van der Waals surface area contributed by atoms with Crippen molar-refractivity contribution in [1.29, 1.82) is 0 Å². The molecule has 21 heavy (non-hydrogen) atoms. The number of fused-ring (bicyclic) bond motifs is 1. The Bertz CT molecular complexity index is 621. The van der Waals surface area contributed by atoms with Crippen LogP contribution < -0.4 is 5.32 Å². The second-order valence-electron chi connectivity index (χ2n) is 5.87. The second-order valence-corrected chi connectivity index (χ2v) is 5.87. The molecule has 0 bridgehead atoms. The minimum Gasteiger partial charge on any atom is -0.481 e. The highest BCUT2D eigenvalue weighted by atomic mass is 16.4. The Morgan fingerprint density at radius 1 is 1.48 bits per heavy atom. The Balaban J connectivity index is 2.09. The highest BCUT2D eigenvalue weighted by Gasteiger charge is 2.16. The molecule has 0 amide bonds. The number of carboxylic acids is 1. The molecule has 2 aromatic rings. The summed E-state index contributed by atoms with van der Waals surface area (Å²) in [5, 5.41) is 16.6. The lowest BCUT2D eigenvalue weighted by Gasteiger charge is -2.18. The van der Waals surface area contributed by atoms with Crippen molar-refractivity contribution in [2.24, 2.45) is 11.8 Å². The molecular weight excluding hydrogens is 268 g/mol. The van der Waals surface area contributed by atoms with E-state index >= 15 is 0 Å². The fourth-order valence-corrected chi connectivity index (χ4v) is 2.57. The van der Waals surface area contributed by atoms with Crippen LogP contribution in [-0.4, -0.2) is 32.2 Å². The molecule has 114 valence electrons. The molecule has 0 saturated heterocycles. The molecule has 1 unspecified atom stereocenters. The molecule has 2 aromatic heterocycles. The zero-order valence-corrected chi connectivity index (χ0v) is 12.7. The molecule has 0 aliphatic heterocycles. The van der Waals surface area contributed by atoms with Crippen molar-refractivity contribution in [2.75, 3.05) is 11.9 Å². The molecule has 2 heterocycles. The Hall–Kier alpha value is -2.11. The van der Waals surface area contributed by atoms with Gasteiger partial charge in [-0.1, -0.05) is 13.8 Å². The highest BCUT2D eigenvalue weighted by molar-refractivity contribution is 5.68. The van der Waals surface area contributed by atoms with Crippen LogP contribution in [0, 0.1) is 18.8 Å². The fraction of sp³-hybridized carbons (Fsp3) is 0.533. The summed E-state index contributed by atoms with van der Waals surface area (Å²) in [7, 11) is 0. The average molecular weight is 290 g/mol. The van der Waals surface area contributed by atoms with E-state index in [1.54, 1.807) is 16.9 Å². The number of aryl methyl sites for hydroxylation is 1. The Morgan fingerprint density at radius 2 is 2.24 bits per heavy atom. The van der Waals surface area contributed by atoms with E-state index in [0.717, 1.165) is 23.4 Å². The number of carbonyl (C=O) groups is 1. The highest BCUT2D eigenvalue weighted by Crippen LogP contribution is 2.19. The zero-order chi connectivity index (χ0) is 15.4. The molecule has 6 heteroatoms. The van der Waals surface area contributed by atoms with E-state index < -0.39 is 5.97 Å². The summed E-state index contributed by atoms with van der Waals surface area (Å²) in [6.45, 7) is 6.74. The van der Waals surface area contributed by atoms with Gasteiger partial charge in [0.2, 0.25) is 0 Å². The van der Waals surface area contributed by atoms with Crippen LogP contribution in [0.1, 0.15) is 32.4 Å². The van der Waals surface area contributed by atoms with Crippen LogP contribution >= 0.6 is 0 Å². The van der Waals surface area contributed by atoms with Gasteiger partial charge in [-0.2, -0.15) is 5.10 Å². The molecule has 0 spiro atoms. The lowest BCUT2D eigenvalue weighted by Crippen LogP contribution is -2.20. The van der Waals surface area contributed by atoms with Gasteiger partial charge >= 0.3 is 5.97 Å². The van der Waals surface area contributed by atoms with Crippen LogP contribution in [0.15, 0.2) is 18.5 Å². The number of hydrogen-bond donors (Lipinski definition) is 2. The maximum atomic E-state index is 11.0. The SMILES string of the molecule is Cc1cc2c(NCC(CC(=O)O)CC(C)C)nccn2n1. The average Bonchev–Trinajstić information content (AvgIpc) is 2.75. The summed E-state index contributed by atoms with van der Waals surface area (Å²) in [5.41, 5.74) is 1.84. The van der Waals surface area contributed by atoms with E-state index in [9.17, 15) is 4.79 Å². The van der Waals surface area contributed by atoms with Gasteiger partial charge in [0, 0.05) is 25.4 Å². The van der Waals surface area contributed by atoms with Gasteiger partial charge in [-0.25, -0.2) is 9.50 Å². The van der Waals surface area contributed by atoms with Crippen LogP contribution in [0.3, 0.4) is 0 Å². The quantitative estimate of drug-likeness (QED) is 0.819. The maximum absolute atomic E-state index is 11.0. The number of rotatable bonds is 7. The van der Waals surface area contributed by atoms with Crippen molar-refractivity contribution in [2.45, 2.75) is 33.6 Å². The standard InChI is InChI=1S/C15H22N4O2/c1-10(2)6-12(8-14(20)21)9-17-15-13-7-11(3)18-19(13)5-4-16-15/h4-5,7,10,12H,6,8-9H2,1-3H3,(H,16,17)(H,20,21). The van der Waals surface area contributed by atoms with Gasteiger partial charge in [-0.15, -0.1) is 0 Å². The first-order chi connectivity index (χ1) is 9.95. The van der Waals surface area contributed by atoms with E-state index in [4.69, 9.17) is 5.11 Å². The molecule has 0 aliphatic carbocycles. The van der Waals surface area contributed by atoms with Crippen LogP contribution in [0.2, 0.25) is 0 Å². The van der Waals surface area contributed by atoms with Crippen molar-refractivity contribution in [3.05, 3.63) is 24.2 Å².